The molecule has 18 heavy (non-hydrogen) atoms. The van der Waals surface area contributed by atoms with Crippen LogP contribution in [0.15, 0.2) is 18.2 Å². The van der Waals surface area contributed by atoms with E-state index in [4.69, 9.17) is 9.84 Å². The molecule has 0 radical (unpaired) electrons. The van der Waals surface area contributed by atoms with Gasteiger partial charge in [0.1, 0.15) is 12.1 Å². The van der Waals surface area contributed by atoms with E-state index in [0.29, 0.717) is 6.54 Å². The van der Waals surface area contributed by atoms with E-state index in [1.54, 1.807) is 6.92 Å². The first-order chi connectivity index (χ1) is 8.40. The normalized spacial score (nSPS) is 14.0. The molecule has 1 atom stereocenters. The highest BCUT2D eigenvalue weighted by Gasteiger charge is 2.33. The second kappa shape index (κ2) is 5.77. The molecule has 0 amide bonds. The Morgan fingerprint density at radius 2 is 2.17 bits per heavy atom. The van der Waals surface area contributed by atoms with Crippen LogP contribution in [0.5, 0.6) is 5.75 Å². The highest BCUT2D eigenvalue weighted by molar-refractivity contribution is 5.78. The third-order valence-electron chi connectivity index (χ3n) is 2.47. The summed E-state index contributed by atoms with van der Waals surface area (Å²) in [6.07, 6.45) is 0. The molecule has 0 saturated heterocycles. The molecule has 0 saturated carbocycles. The zero-order valence-electron chi connectivity index (χ0n) is 10.2. The largest absolute Gasteiger partial charge is 0.488 e. The lowest BCUT2D eigenvalue weighted by Gasteiger charge is -2.25. The maximum atomic E-state index is 13.3. The van der Waals surface area contributed by atoms with Gasteiger partial charge in [-0.2, -0.15) is 4.39 Å². The van der Waals surface area contributed by atoms with Crippen molar-refractivity contribution in [1.82, 2.24) is 5.32 Å². The summed E-state index contributed by atoms with van der Waals surface area (Å²) in [5, 5.41) is 11.8. The summed E-state index contributed by atoms with van der Waals surface area (Å²) < 4.78 is 31.3. The van der Waals surface area contributed by atoms with Crippen LogP contribution in [0.1, 0.15) is 13.8 Å². The Kier molecular flexibility index (Phi) is 4.61. The standard InChI is InChI=1S/C12H15F2NO3/c1-3-15-12(2,11(16)17)7-18-9-6-4-5-8(13)10(9)14/h4-6,15H,3,7H2,1-2H3,(H,16,17). The first kappa shape index (κ1) is 14.4. The van der Waals surface area contributed by atoms with E-state index < -0.39 is 23.1 Å². The molecule has 0 aromatic heterocycles. The zero-order valence-corrected chi connectivity index (χ0v) is 10.2. The molecule has 6 heteroatoms. The summed E-state index contributed by atoms with van der Waals surface area (Å²) in [6.45, 7) is 3.26. The van der Waals surface area contributed by atoms with Crippen LogP contribution in [0, 0.1) is 11.6 Å². The number of nitrogens with one attached hydrogen (secondary N) is 1. The van der Waals surface area contributed by atoms with Crippen molar-refractivity contribution in [1.29, 1.82) is 0 Å². The third kappa shape index (κ3) is 3.16. The first-order valence-electron chi connectivity index (χ1n) is 5.46. The Balaban J connectivity index is 2.79. The molecule has 1 rings (SSSR count). The molecule has 0 spiro atoms. The Bertz CT molecular complexity index is 439. The smallest absolute Gasteiger partial charge is 0.327 e. The fraction of sp³-hybridized carbons (Fsp3) is 0.417. The van der Waals surface area contributed by atoms with Crippen LogP contribution in [-0.2, 0) is 4.79 Å². The molecule has 0 aliphatic heterocycles. The van der Waals surface area contributed by atoms with Crippen molar-refractivity contribution in [3.63, 3.8) is 0 Å². The van der Waals surface area contributed by atoms with Crippen molar-refractivity contribution in [2.24, 2.45) is 0 Å². The predicted octanol–water partition coefficient (Wildman–Crippen LogP) is 1.80. The Morgan fingerprint density at radius 1 is 1.50 bits per heavy atom. The molecule has 0 bridgehead atoms. The zero-order chi connectivity index (χ0) is 13.8. The molecular formula is C12H15F2NO3. The topological polar surface area (TPSA) is 58.6 Å². The quantitative estimate of drug-likeness (QED) is 0.817. The van der Waals surface area contributed by atoms with Crippen molar-refractivity contribution >= 4 is 5.97 Å². The monoisotopic (exact) mass is 259 g/mol. The fourth-order valence-electron chi connectivity index (χ4n) is 1.40. The Labute approximate surface area is 104 Å². The van der Waals surface area contributed by atoms with Gasteiger partial charge in [0.25, 0.3) is 0 Å². The highest BCUT2D eigenvalue weighted by atomic mass is 19.2. The number of halogens is 2. The fourth-order valence-corrected chi connectivity index (χ4v) is 1.40. The van der Waals surface area contributed by atoms with E-state index in [0.717, 1.165) is 6.07 Å². The SMILES string of the molecule is CCNC(C)(COc1cccc(F)c1F)C(=O)O. The molecule has 2 N–H and O–H groups in total. The highest BCUT2D eigenvalue weighted by Crippen LogP contribution is 2.20. The van der Waals surface area contributed by atoms with E-state index in [-0.39, 0.29) is 12.4 Å². The third-order valence-corrected chi connectivity index (χ3v) is 2.47. The summed E-state index contributed by atoms with van der Waals surface area (Å²) in [4.78, 5) is 11.1. The van der Waals surface area contributed by atoms with E-state index in [1.165, 1.54) is 19.1 Å². The number of aliphatic carboxylic acids is 1. The van der Waals surface area contributed by atoms with Gasteiger partial charge in [0.15, 0.2) is 11.6 Å². The van der Waals surface area contributed by atoms with Crippen LogP contribution in [0.2, 0.25) is 0 Å². The summed E-state index contributed by atoms with van der Waals surface area (Å²) in [7, 11) is 0. The minimum absolute atomic E-state index is 0.305. The van der Waals surface area contributed by atoms with Gasteiger partial charge in [-0.05, 0) is 25.6 Å². The average molecular weight is 259 g/mol. The van der Waals surface area contributed by atoms with E-state index in [9.17, 15) is 13.6 Å². The molecule has 4 nitrogen and oxygen atoms in total. The molecule has 1 aromatic carbocycles. The predicted molar refractivity (Wildman–Crippen MR) is 61.6 cm³/mol. The van der Waals surface area contributed by atoms with Gasteiger partial charge in [-0.15, -0.1) is 0 Å². The lowest BCUT2D eigenvalue weighted by molar-refractivity contribution is -0.145. The van der Waals surface area contributed by atoms with Gasteiger partial charge < -0.3 is 9.84 Å². The molecule has 0 aliphatic rings. The minimum atomic E-state index is -1.35. The van der Waals surface area contributed by atoms with Crippen molar-refractivity contribution < 1.29 is 23.4 Å². The Morgan fingerprint density at radius 3 is 2.72 bits per heavy atom. The second-order valence-electron chi connectivity index (χ2n) is 4.01. The molecule has 1 unspecified atom stereocenters. The number of benzene rings is 1. The maximum Gasteiger partial charge on any atom is 0.327 e. The van der Waals surface area contributed by atoms with Crippen LogP contribution in [-0.4, -0.2) is 29.8 Å². The van der Waals surface area contributed by atoms with E-state index >= 15 is 0 Å². The lowest BCUT2D eigenvalue weighted by atomic mass is 10.0. The summed E-state index contributed by atoms with van der Waals surface area (Å²) in [5.74, 6) is -3.59. The van der Waals surface area contributed by atoms with Gasteiger partial charge in [-0.1, -0.05) is 13.0 Å². The number of carbonyl (C=O) groups is 1. The summed E-state index contributed by atoms with van der Waals surface area (Å²) in [5.41, 5.74) is -1.35. The number of rotatable bonds is 6. The van der Waals surface area contributed by atoms with E-state index in [1.807, 2.05) is 0 Å². The van der Waals surface area contributed by atoms with Crippen LogP contribution in [0.3, 0.4) is 0 Å². The van der Waals surface area contributed by atoms with Gasteiger partial charge in [0, 0.05) is 0 Å². The Hall–Kier alpha value is -1.69. The average Bonchev–Trinajstić information content (AvgIpc) is 2.31. The number of likely N-dealkylation sites (N-methyl/N-ethyl adjacent to an activating group) is 1. The van der Waals surface area contributed by atoms with Crippen LogP contribution >= 0.6 is 0 Å². The van der Waals surface area contributed by atoms with Crippen LogP contribution in [0.25, 0.3) is 0 Å². The molecular weight excluding hydrogens is 244 g/mol. The summed E-state index contributed by atoms with van der Waals surface area (Å²) >= 11 is 0. The van der Waals surface area contributed by atoms with Gasteiger partial charge in [-0.25, -0.2) is 4.39 Å². The van der Waals surface area contributed by atoms with Crippen molar-refractivity contribution in [2.45, 2.75) is 19.4 Å². The van der Waals surface area contributed by atoms with Crippen LogP contribution < -0.4 is 10.1 Å². The van der Waals surface area contributed by atoms with Gasteiger partial charge >= 0.3 is 5.97 Å². The van der Waals surface area contributed by atoms with Gasteiger partial charge in [0.2, 0.25) is 5.82 Å². The molecule has 0 aliphatic carbocycles. The van der Waals surface area contributed by atoms with Gasteiger partial charge in [-0.3, -0.25) is 10.1 Å². The molecule has 100 valence electrons. The number of carboxylic acid groups (broad SMARTS) is 1. The number of hydrogen-bond donors (Lipinski definition) is 2. The van der Waals surface area contributed by atoms with Crippen LogP contribution in [0.4, 0.5) is 8.78 Å². The summed E-state index contributed by atoms with van der Waals surface area (Å²) in [6, 6.07) is 3.49. The van der Waals surface area contributed by atoms with Crippen molar-refractivity contribution in [3.05, 3.63) is 29.8 Å². The second-order valence-corrected chi connectivity index (χ2v) is 4.01. The van der Waals surface area contributed by atoms with E-state index in [2.05, 4.69) is 5.32 Å². The number of carboxylic acids is 1. The number of hydrogen-bond acceptors (Lipinski definition) is 3. The molecule has 1 aromatic rings. The minimum Gasteiger partial charge on any atom is -0.488 e. The maximum absolute atomic E-state index is 13.3. The van der Waals surface area contributed by atoms with Crippen molar-refractivity contribution in [2.75, 3.05) is 13.2 Å². The molecule has 0 heterocycles. The lowest BCUT2D eigenvalue weighted by Crippen LogP contribution is -2.53. The van der Waals surface area contributed by atoms with Crippen molar-refractivity contribution in [3.8, 4) is 5.75 Å². The van der Waals surface area contributed by atoms with Gasteiger partial charge in [0.05, 0.1) is 0 Å². The first-order valence-corrected chi connectivity index (χ1v) is 5.46. The molecule has 0 fully saturated rings. The number of ether oxygens (including phenoxy) is 1.